The minimum absolute atomic E-state index is 0.140. The van der Waals surface area contributed by atoms with E-state index < -0.39 is 44.5 Å². The van der Waals surface area contributed by atoms with Crippen molar-refractivity contribution in [3.8, 4) is 0 Å². The molecule has 0 atom stereocenters. The van der Waals surface area contributed by atoms with Crippen LogP contribution in [-0.4, -0.2) is 34.0 Å². The zero-order valence-electron chi connectivity index (χ0n) is 10.7. The zero-order valence-corrected chi connectivity index (χ0v) is 12.4. The van der Waals surface area contributed by atoms with Gasteiger partial charge in [-0.3, -0.25) is 4.55 Å². The summed E-state index contributed by atoms with van der Waals surface area (Å²) in [6, 6.07) is 1.23. The van der Waals surface area contributed by atoms with Crippen LogP contribution >= 0.6 is 11.3 Å². The Hall–Kier alpha value is -2.25. The van der Waals surface area contributed by atoms with E-state index in [1.54, 1.807) is 0 Å². The molecule has 2 aromatic heterocycles. The van der Waals surface area contributed by atoms with Gasteiger partial charge in [0, 0.05) is 0 Å². The number of nitrogens with zero attached hydrogens (tertiary/aromatic N) is 3. The first kappa shape index (κ1) is 17.1. The summed E-state index contributed by atoms with van der Waals surface area (Å²) in [6.45, 7) is 0. The molecule has 0 aliphatic carbocycles. The molecule has 0 aliphatic heterocycles. The van der Waals surface area contributed by atoms with Gasteiger partial charge in [-0.15, -0.1) is 11.3 Å². The lowest BCUT2D eigenvalue weighted by molar-refractivity contribution is -0.141. The lowest BCUT2D eigenvalue weighted by Gasteiger charge is -2.19. The summed E-state index contributed by atoms with van der Waals surface area (Å²) in [5, 5.41) is 8.44. The molecule has 0 amide bonds. The third kappa shape index (κ3) is 3.57. The number of halogens is 3. The Morgan fingerprint density at radius 3 is 2.35 bits per heavy atom. The first-order valence-corrected chi connectivity index (χ1v) is 7.77. The number of carboxylic acids is 1. The molecule has 124 valence electrons. The predicted molar refractivity (Wildman–Crippen MR) is 72.0 cm³/mol. The lowest BCUT2D eigenvalue weighted by Crippen LogP contribution is -2.26. The molecule has 2 aromatic rings. The third-order valence-corrected chi connectivity index (χ3v) is 4.22. The van der Waals surface area contributed by atoms with Crippen LogP contribution in [0.2, 0.25) is 0 Å². The molecule has 13 heteroatoms. The van der Waals surface area contributed by atoms with Crippen LogP contribution in [0, 0.1) is 0 Å². The molecule has 0 radical (unpaired) electrons. The van der Waals surface area contributed by atoms with Crippen LogP contribution in [0.5, 0.6) is 0 Å². The van der Waals surface area contributed by atoms with Gasteiger partial charge in [-0.05, 0) is 12.1 Å². The molecule has 0 fully saturated rings. The fourth-order valence-corrected chi connectivity index (χ4v) is 3.35. The van der Waals surface area contributed by atoms with Crippen LogP contribution < -0.4 is 4.31 Å². The lowest BCUT2D eigenvalue weighted by atomic mass is 10.3. The van der Waals surface area contributed by atoms with E-state index in [0.717, 1.165) is 11.6 Å². The zero-order chi connectivity index (χ0) is 17.4. The van der Waals surface area contributed by atoms with Gasteiger partial charge < -0.3 is 5.11 Å². The predicted octanol–water partition coefficient (Wildman–Crippen LogP) is 2.20. The smallest absolute Gasteiger partial charge is 0.433 e. The Morgan fingerprint density at radius 2 is 1.91 bits per heavy atom. The van der Waals surface area contributed by atoms with Crippen molar-refractivity contribution in [1.82, 2.24) is 9.97 Å². The Kier molecular flexibility index (Phi) is 4.28. The van der Waals surface area contributed by atoms with Gasteiger partial charge in [-0.25, -0.2) is 19.1 Å². The maximum Gasteiger partial charge on any atom is 0.433 e. The van der Waals surface area contributed by atoms with E-state index in [2.05, 4.69) is 9.97 Å². The molecule has 2 N–H and O–H groups in total. The quantitative estimate of drug-likeness (QED) is 0.793. The molecule has 0 saturated carbocycles. The van der Waals surface area contributed by atoms with Gasteiger partial charge in [0.05, 0.1) is 17.4 Å². The van der Waals surface area contributed by atoms with E-state index in [9.17, 15) is 30.9 Å². The Bertz CT molecular complexity index is 832. The number of aromatic carboxylic acids is 1. The Labute approximate surface area is 130 Å². The van der Waals surface area contributed by atoms with E-state index in [0.29, 0.717) is 23.6 Å². The molecular weight excluding hydrogens is 363 g/mol. The van der Waals surface area contributed by atoms with Crippen molar-refractivity contribution in [1.29, 1.82) is 0 Å². The summed E-state index contributed by atoms with van der Waals surface area (Å²) in [7, 11) is -5.03. The highest BCUT2D eigenvalue weighted by Gasteiger charge is 2.34. The SMILES string of the molecule is O=C(O)c1ncsc1N(c1ccc(C(F)(F)F)nc1)S(=O)(=O)O. The fourth-order valence-electron chi connectivity index (χ4n) is 1.56. The van der Waals surface area contributed by atoms with Crippen LogP contribution in [0.15, 0.2) is 23.8 Å². The van der Waals surface area contributed by atoms with Crippen LogP contribution in [0.25, 0.3) is 0 Å². The molecule has 0 saturated heterocycles. The summed E-state index contributed by atoms with van der Waals surface area (Å²) in [4.78, 5) is 17.5. The van der Waals surface area contributed by atoms with Crippen LogP contribution in [0.3, 0.4) is 0 Å². The van der Waals surface area contributed by atoms with Crippen LogP contribution in [0.4, 0.5) is 23.9 Å². The maximum absolute atomic E-state index is 12.5. The second-order valence-corrected chi connectivity index (χ2v) is 6.05. The second kappa shape index (κ2) is 5.75. The molecule has 0 unspecified atom stereocenters. The molecular formula is C10H6F3N3O5S2. The number of carboxylic acid groups (broad SMARTS) is 1. The van der Waals surface area contributed by atoms with Crippen LogP contribution in [-0.2, 0) is 16.5 Å². The molecule has 0 aromatic carbocycles. The van der Waals surface area contributed by atoms with Crippen molar-refractivity contribution >= 4 is 38.3 Å². The number of pyridine rings is 1. The first-order chi connectivity index (χ1) is 10.5. The number of aromatic nitrogens is 2. The largest absolute Gasteiger partial charge is 0.476 e. The number of thiazole rings is 1. The molecule has 8 nitrogen and oxygen atoms in total. The molecule has 23 heavy (non-hydrogen) atoms. The van der Waals surface area contributed by atoms with Gasteiger partial charge in [0.1, 0.15) is 10.7 Å². The van der Waals surface area contributed by atoms with Crippen molar-refractivity contribution in [3.63, 3.8) is 0 Å². The monoisotopic (exact) mass is 369 g/mol. The highest BCUT2D eigenvalue weighted by Crippen LogP contribution is 2.35. The molecule has 2 heterocycles. The average Bonchev–Trinajstić information content (AvgIpc) is 2.86. The van der Waals surface area contributed by atoms with E-state index in [1.165, 1.54) is 0 Å². The standard InChI is InChI=1S/C10H6F3N3O5S2/c11-10(12,13)6-2-1-5(3-14-6)16(23(19,20)21)8-7(9(17)18)15-4-22-8/h1-4H,(H,17,18)(H,19,20,21). The number of alkyl halides is 3. The normalized spacial score (nSPS) is 12.2. The highest BCUT2D eigenvalue weighted by atomic mass is 32.2. The molecule has 0 aliphatic rings. The van der Waals surface area contributed by atoms with E-state index in [4.69, 9.17) is 5.11 Å². The summed E-state index contributed by atoms with van der Waals surface area (Å²) >= 11 is 0.562. The number of carbonyl (C=O) groups is 1. The van der Waals surface area contributed by atoms with Gasteiger partial charge >= 0.3 is 22.4 Å². The second-order valence-electron chi connectivity index (χ2n) is 3.95. The van der Waals surface area contributed by atoms with Crippen molar-refractivity contribution in [2.45, 2.75) is 6.18 Å². The van der Waals surface area contributed by atoms with Gasteiger partial charge in [0.15, 0.2) is 5.69 Å². The van der Waals surface area contributed by atoms with Crippen molar-refractivity contribution < 1.29 is 36.0 Å². The minimum atomic E-state index is -5.03. The maximum atomic E-state index is 12.5. The number of hydrogen-bond acceptors (Lipinski definition) is 6. The summed E-state index contributed by atoms with van der Waals surface area (Å²) < 4.78 is 69.8. The van der Waals surface area contributed by atoms with E-state index >= 15 is 0 Å². The molecule has 0 bridgehead atoms. The van der Waals surface area contributed by atoms with Gasteiger partial charge in [0.2, 0.25) is 0 Å². The van der Waals surface area contributed by atoms with E-state index in [-0.39, 0.29) is 4.31 Å². The Morgan fingerprint density at radius 1 is 1.26 bits per heavy atom. The van der Waals surface area contributed by atoms with Crippen molar-refractivity contribution in [3.05, 3.63) is 35.2 Å². The van der Waals surface area contributed by atoms with Gasteiger partial charge in [-0.2, -0.15) is 21.6 Å². The highest BCUT2D eigenvalue weighted by molar-refractivity contribution is 7.87. The van der Waals surface area contributed by atoms with Gasteiger partial charge in [-0.1, -0.05) is 0 Å². The summed E-state index contributed by atoms with van der Waals surface area (Å²) in [5.41, 5.74) is -1.44. The fraction of sp³-hybridized carbons (Fsp3) is 0.100. The first-order valence-electron chi connectivity index (χ1n) is 5.49. The topological polar surface area (TPSA) is 121 Å². The average molecular weight is 369 g/mol. The summed E-state index contributed by atoms with van der Waals surface area (Å²) in [5.74, 6) is -1.57. The van der Waals surface area contributed by atoms with E-state index in [1.807, 2.05) is 0 Å². The van der Waals surface area contributed by atoms with Crippen LogP contribution in [0.1, 0.15) is 16.2 Å². The number of anilines is 2. The van der Waals surface area contributed by atoms with Gasteiger partial charge in [0.25, 0.3) is 0 Å². The van der Waals surface area contributed by atoms with Crippen molar-refractivity contribution in [2.75, 3.05) is 4.31 Å². The Balaban J connectivity index is 2.57. The number of hydrogen-bond donors (Lipinski definition) is 2. The minimum Gasteiger partial charge on any atom is -0.476 e. The summed E-state index contributed by atoms with van der Waals surface area (Å²) in [6.07, 6.45) is -4.19. The molecule has 0 spiro atoms. The number of rotatable bonds is 4. The molecule has 2 rings (SSSR count). The third-order valence-electron chi connectivity index (χ3n) is 2.44. The van der Waals surface area contributed by atoms with Crippen molar-refractivity contribution in [2.24, 2.45) is 0 Å².